The van der Waals surface area contributed by atoms with Crippen molar-refractivity contribution in [3.8, 4) is 5.75 Å². The summed E-state index contributed by atoms with van der Waals surface area (Å²) < 4.78 is 5.84. The van der Waals surface area contributed by atoms with E-state index in [2.05, 4.69) is 10.2 Å². The number of phenolic OH excluding ortho intramolecular Hbond substituents is 1. The largest absolute Gasteiger partial charge is 0.508 e. The summed E-state index contributed by atoms with van der Waals surface area (Å²) in [4.78, 5) is 15.3. The standard InChI is InChI=1S/C19H20N2O3/c22-13-6-7-16-14(12-13)19(23)18-15(4-3-5-17(18)24-16)20-8-11-21-9-1-2-10-21/h3-7,12,20,22H,1-2,8-11H2. The van der Waals surface area contributed by atoms with Gasteiger partial charge in [0.05, 0.1) is 10.8 Å². The first-order chi connectivity index (χ1) is 11.7. The van der Waals surface area contributed by atoms with E-state index in [9.17, 15) is 9.90 Å². The lowest BCUT2D eigenvalue weighted by atomic mass is 10.1. The van der Waals surface area contributed by atoms with Crippen LogP contribution < -0.4 is 10.7 Å². The van der Waals surface area contributed by atoms with Crippen LogP contribution in [-0.4, -0.2) is 36.2 Å². The number of fused-ring (bicyclic) bond motifs is 2. The average Bonchev–Trinajstić information content (AvgIpc) is 3.09. The lowest BCUT2D eigenvalue weighted by Crippen LogP contribution is -2.26. The molecule has 1 aliphatic heterocycles. The Hall–Kier alpha value is -2.53. The number of anilines is 1. The number of phenols is 1. The van der Waals surface area contributed by atoms with E-state index in [-0.39, 0.29) is 11.2 Å². The first-order valence-electron chi connectivity index (χ1n) is 8.37. The van der Waals surface area contributed by atoms with E-state index in [0.717, 1.165) is 31.9 Å². The van der Waals surface area contributed by atoms with Crippen LogP contribution in [0.1, 0.15) is 12.8 Å². The van der Waals surface area contributed by atoms with Crippen LogP contribution in [0.15, 0.2) is 45.6 Å². The van der Waals surface area contributed by atoms with Crippen molar-refractivity contribution in [3.05, 3.63) is 46.6 Å². The van der Waals surface area contributed by atoms with Crippen molar-refractivity contribution in [2.45, 2.75) is 12.8 Å². The molecule has 2 heterocycles. The molecule has 0 amide bonds. The third-order valence-corrected chi connectivity index (χ3v) is 4.62. The molecule has 24 heavy (non-hydrogen) atoms. The van der Waals surface area contributed by atoms with Gasteiger partial charge in [0, 0.05) is 18.8 Å². The number of likely N-dealkylation sites (tertiary alicyclic amines) is 1. The quantitative estimate of drug-likeness (QED) is 0.722. The summed E-state index contributed by atoms with van der Waals surface area (Å²) in [6.45, 7) is 4.07. The van der Waals surface area contributed by atoms with Crippen LogP contribution in [0.2, 0.25) is 0 Å². The molecule has 0 aliphatic carbocycles. The van der Waals surface area contributed by atoms with Crippen molar-refractivity contribution < 1.29 is 9.52 Å². The van der Waals surface area contributed by atoms with E-state index < -0.39 is 0 Å². The summed E-state index contributed by atoms with van der Waals surface area (Å²) in [5, 5.41) is 14.0. The molecule has 0 atom stereocenters. The van der Waals surface area contributed by atoms with Crippen molar-refractivity contribution >= 4 is 27.6 Å². The fraction of sp³-hybridized carbons (Fsp3) is 0.316. The minimum atomic E-state index is -0.119. The highest BCUT2D eigenvalue weighted by atomic mass is 16.3. The molecular formula is C19H20N2O3. The van der Waals surface area contributed by atoms with Crippen LogP contribution in [0.25, 0.3) is 21.9 Å². The predicted molar refractivity (Wildman–Crippen MR) is 95.8 cm³/mol. The van der Waals surface area contributed by atoms with Crippen molar-refractivity contribution in [3.63, 3.8) is 0 Å². The SMILES string of the molecule is O=c1c2cc(O)ccc2oc2cccc(NCCN3CCCC3)c12. The zero-order chi connectivity index (χ0) is 16.5. The maximum absolute atomic E-state index is 12.9. The van der Waals surface area contributed by atoms with Crippen LogP contribution >= 0.6 is 0 Å². The van der Waals surface area contributed by atoms with Crippen LogP contribution in [0.4, 0.5) is 5.69 Å². The molecule has 124 valence electrons. The molecule has 0 saturated carbocycles. The van der Waals surface area contributed by atoms with Gasteiger partial charge in [-0.15, -0.1) is 0 Å². The molecule has 0 radical (unpaired) electrons. The molecule has 1 fully saturated rings. The Morgan fingerprint density at radius 3 is 2.79 bits per heavy atom. The highest BCUT2D eigenvalue weighted by molar-refractivity contribution is 5.97. The second-order valence-electron chi connectivity index (χ2n) is 6.27. The zero-order valence-corrected chi connectivity index (χ0v) is 13.4. The van der Waals surface area contributed by atoms with E-state index in [0.29, 0.717) is 21.9 Å². The van der Waals surface area contributed by atoms with E-state index in [4.69, 9.17) is 4.42 Å². The van der Waals surface area contributed by atoms with Gasteiger partial charge < -0.3 is 19.7 Å². The number of hydrogen-bond acceptors (Lipinski definition) is 5. The number of benzene rings is 2. The minimum Gasteiger partial charge on any atom is -0.508 e. The topological polar surface area (TPSA) is 65.7 Å². The van der Waals surface area contributed by atoms with Crippen molar-refractivity contribution in [2.24, 2.45) is 0 Å². The Bertz CT molecular complexity index is 942. The van der Waals surface area contributed by atoms with Gasteiger partial charge in [-0.3, -0.25) is 4.79 Å². The second kappa shape index (κ2) is 6.17. The normalized spacial score (nSPS) is 15.3. The molecular weight excluding hydrogens is 304 g/mol. The number of nitrogens with one attached hydrogen (secondary N) is 1. The Balaban J connectivity index is 1.71. The van der Waals surface area contributed by atoms with Crippen molar-refractivity contribution in [1.82, 2.24) is 4.90 Å². The minimum absolute atomic E-state index is 0.0635. The van der Waals surface area contributed by atoms with Gasteiger partial charge in [0.2, 0.25) is 5.43 Å². The fourth-order valence-corrected chi connectivity index (χ4v) is 3.39. The van der Waals surface area contributed by atoms with E-state index >= 15 is 0 Å². The molecule has 0 bridgehead atoms. The van der Waals surface area contributed by atoms with Crippen LogP contribution in [0.3, 0.4) is 0 Å². The highest BCUT2D eigenvalue weighted by Crippen LogP contribution is 2.26. The molecule has 2 aromatic carbocycles. The summed E-state index contributed by atoms with van der Waals surface area (Å²) in [6, 6.07) is 10.2. The number of rotatable bonds is 4. The summed E-state index contributed by atoms with van der Waals surface area (Å²) in [5.74, 6) is 0.0635. The molecule has 5 heteroatoms. The summed E-state index contributed by atoms with van der Waals surface area (Å²) >= 11 is 0. The van der Waals surface area contributed by atoms with Gasteiger partial charge in [-0.25, -0.2) is 0 Å². The second-order valence-corrected chi connectivity index (χ2v) is 6.27. The number of nitrogens with zero attached hydrogens (tertiary/aromatic N) is 1. The third kappa shape index (κ3) is 2.71. The average molecular weight is 324 g/mol. The summed E-state index contributed by atoms with van der Waals surface area (Å²) in [7, 11) is 0. The van der Waals surface area contributed by atoms with E-state index in [1.807, 2.05) is 12.1 Å². The highest BCUT2D eigenvalue weighted by Gasteiger charge is 2.13. The fourth-order valence-electron chi connectivity index (χ4n) is 3.39. The maximum atomic E-state index is 12.9. The molecule has 1 saturated heterocycles. The van der Waals surface area contributed by atoms with Crippen LogP contribution in [-0.2, 0) is 0 Å². The summed E-state index contributed by atoms with van der Waals surface area (Å²) in [5.41, 5.74) is 1.71. The zero-order valence-electron chi connectivity index (χ0n) is 13.4. The van der Waals surface area contributed by atoms with Crippen molar-refractivity contribution in [1.29, 1.82) is 0 Å². The smallest absolute Gasteiger partial charge is 0.202 e. The lowest BCUT2D eigenvalue weighted by Gasteiger charge is -2.16. The van der Waals surface area contributed by atoms with E-state index in [1.165, 1.54) is 25.0 Å². The summed E-state index contributed by atoms with van der Waals surface area (Å²) in [6.07, 6.45) is 2.54. The molecule has 2 N–H and O–H groups in total. The number of hydrogen-bond donors (Lipinski definition) is 2. The Morgan fingerprint density at radius 1 is 1.12 bits per heavy atom. The Kier molecular flexibility index (Phi) is 3.86. The van der Waals surface area contributed by atoms with Gasteiger partial charge in [-0.2, -0.15) is 0 Å². The Morgan fingerprint density at radius 2 is 1.96 bits per heavy atom. The van der Waals surface area contributed by atoms with Crippen LogP contribution in [0.5, 0.6) is 5.75 Å². The molecule has 5 nitrogen and oxygen atoms in total. The van der Waals surface area contributed by atoms with E-state index in [1.54, 1.807) is 12.1 Å². The molecule has 0 unspecified atom stereocenters. The van der Waals surface area contributed by atoms with Gasteiger partial charge in [0.1, 0.15) is 16.9 Å². The molecule has 0 spiro atoms. The van der Waals surface area contributed by atoms with Gasteiger partial charge >= 0.3 is 0 Å². The van der Waals surface area contributed by atoms with Gasteiger partial charge in [-0.1, -0.05) is 6.07 Å². The molecule has 4 rings (SSSR count). The molecule has 1 aliphatic rings. The lowest BCUT2D eigenvalue weighted by molar-refractivity contribution is 0.353. The molecule has 1 aromatic heterocycles. The monoisotopic (exact) mass is 324 g/mol. The number of aromatic hydroxyl groups is 1. The van der Waals surface area contributed by atoms with Gasteiger partial charge in [-0.05, 0) is 56.3 Å². The Labute approximate surface area is 139 Å². The molecule has 3 aromatic rings. The first kappa shape index (κ1) is 15.0. The maximum Gasteiger partial charge on any atom is 0.202 e. The van der Waals surface area contributed by atoms with Crippen LogP contribution in [0, 0.1) is 0 Å². The van der Waals surface area contributed by atoms with Gasteiger partial charge in [0.15, 0.2) is 0 Å². The van der Waals surface area contributed by atoms with Gasteiger partial charge in [0.25, 0.3) is 0 Å². The van der Waals surface area contributed by atoms with Crippen molar-refractivity contribution in [2.75, 3.05) is 31.5 Å². The third-order valence-electron chi connectivity index (χ3n) is 4.62. The first-order valence-corrected chi connectivity index (χ1v) is 8.37. The predicted octanol–water partition coefficient (Wildman–Crippen LogP) is 3.16.